The second kappa shape index (κ2) is 6.39. The normalized spacial score (nSPS) is 21.6. The molecule has 0 saturated heterocycles. The monoisotopic (exact) mass is 289 g/mol. The molecule has 0 bridgehead atoms. The average molecular weight is 289 g/mol. The Hall–Kier alpha value is -1.69. The molecule has 0 spiro atoms. The quantitative estimate of drug-likeness (QED) is 0.791. The topological polar surface area (TPSA) is 78.9 Å². The first-order chi connectivity index (χ1) is 10.3. The lowest BCUT2D eigenvalue weighted by Crippen LogP contribution is -2.30. The molecule has 3 rings (SSSR count). The molecular weight excluding hydrogens is 266 g/mol. The Kier molecular flexibility index (Phi) is 4.34. The van der Waals surface area contributed by atoms with Gasteiger partial charge in [0.25, 0.3) is 0 Å². The standard InChI is InChI=1S/C15H23N5O/c1-2-3-4-21-8-12-5-11(6-12)7-20-10-19-13-14(16)17-9-18-15(13)20/h9-12H,2-8H2,1H3,(H2,16,17,18). The van der Waals surface area contributed by atoms with Crippen LogP contribution in [0.25, 0.3) is 11.2 Å². The summed E-state index contributed by atoms with van der Waals surface area (Å²) >= 11 is 0. The molecule has 6 heteroatoms. The van der Waals surface area contributed by atoms with Crippen LogP contribution in [0.4, 0.5) is 5.82 Å². The van der Waals surface area contributed by atoms with Gasteiger partial charge in [-0.25, -0.2) is 15.0 Å². The number of hydrogen-bond donors (Lipinski definition) is 1. The summed E-state index contributed by atoms with van der Waals surface area (Å²) in [5, 5.41) is 0. The number of ether oxygens (including phenoxy) is 1. The summed E-state index contributed by atoms with van der Waals surface area (Å²) in [6, 6.07) is 0. The highest BCUT2D eigenvalue weighted by Gasteiger charge is 2.29. The lowest BCUT2D eigenvalue weighted by atomic mass is 9.75. The summed E-state index contributed by atoms with van der Waals surface area (Å²) in [7, 11) is 0. The second-order valence-electron chi connectivity index (χ2n) is 5.96. The minimum Gasteiger partial charge on any atom is -0.382 e. The smallest absolute Gasteiger partial charge is 0.165 e. The van der Waals surface area contributed by atoms with Gasteiger partial charge in [-0.05, 0) is 31.1 Å². The molecule has 6 nitrogen and oxygen atoms in total. The summed E-state index contributed by atoms with van der Waals surface area (Å²) in [6.45, 7) is 4.96. The number of unbranched alkanes of at least 4 members (excludes halogenated alkanes) is 1. The number of anilines is 1. The number of aromatic nitrogens is 4. The van der Waals surface area contributed by atoms with E-state index in [1.54, 1.807) is 0 Å². The zero-order valence-corrected chi connectivity index (χ0v) is 12.5. The zero-order chi connectivity index (χ0) is 14.7. The maximum atomic E-state index is 5.80. The molecule has 0 unspecified atom stereocenters. The van der Waals surface area contributed by atoms with Crippen molar-refractivity contribution in [2.45, 2.75) is 39.2 Å². The van der Waals surface area contributed by atoms with Crippen LogP contribution in [0.15, 0.2) is 12.7 Å². The third-order valence-electron chi connectivity index (χ3n) is 4.21. The van der Waals surface area contributed by atoms with E-state index in [1.165, 1.54) is 25.6 Å². The zero-order valence-electron chi connectivity index (χ0n) is 12.5. The van der Waals surface area contributed by atoms with Gasteiger partial charge < -0.3 is 15.0 Å². The van der Waals surface area contributed by atoms with Crippen molar-refractivity contribution < 1.29 is 4.74 Å². The molecule has 2 N–H and O–H groups in total. The molecular formula is C15H23N5O. The highest BCUT2D eigenvalue weighted by atomic mass is 16.5. The minimum atomic E-state index is 0.453. The molecule has 1 aliphatic carbocycles. The SMILES string of the molecule is CCCCOCC1CC(Cn2cnc3c(N)ncnc32)C1. The number of fused-ring (bicyclic) bond motifs is 1. The Morgan fingerprint density at radius 1 is 1.29 bits per heavy atom. The highest BCUT2D eigenvalue weighted by Crippen LogP contribution is 2.35. The van der Waals surface area contributed by atoms with Gasteiger partial charge in [0.1, 0.15) is 11.8 Å². The maximum Gasteiger partial charge on any atom is 0.165 e. The summed E-state index contributed by atoms with van der Waals surface area (Å²) < 4.78 is 7.78. The fourth-order valence-corrected chi connectivity index (χ4v) is 2.97. The van der Waals surface area contributed by atoms with Gasteiger partial charge >= 0.3 is 0 Å². The molecule has 2 heterocycles. The molecule has 114 valence electrons. The molecule has 2 aromatic heterocycles. The minimum absolute atomic E-state index is 0.453. The predicted molar refractivity (Wildman–Crippen MR) is 81.7 cm³/mol. The van der Waals surface area contributed by atoms with Crippen LogP contribution in [-0.2, 0) is 11.3 Å². The summed E-state index contributed by atoms with van der Waals surface area (Å²) in [5.74, 6) is 1.87. The van der Waals surface area contributed by atoms with E-state index < -0.39 is 0 Å². The van der Waals surface area contributed by atoms with E-state index in [1.807, 2.05) is 6.33 Å². The maximum absolute atomic E-state index is 5.80. The first-order valence-electron chi connectivity index (χ1n) is 7.77. The largest absolute Gasteiger partial charge is 0.382 e. The third-order valence-corrected chi connectivity index (χ3v) is 4.21. The van der Waals surface area contributed by atoms with E-state index in [-0.39, 0.29) is 0 Å². The first kappa shape index (κ1) is 14.3. The highest BCUT2D eigenvalue weighted by molar-refractivity contribution is 5.81. The first-order valence-corrected chi connectivity index (χ1v) is 7.77. The van der Waals surface area contributed by atoms with Crippen molar-refractivity contribution in [1.82, 2.24) is 19.5 Å². The lowest BCUT2D eigenvalue weighted by Gasteiger charge is -2.35. The van der Waals surface area contributed by atoms with Gasteiger partial charge in [-0.2, -0.15) is 0 Å². The Balaban J connectivity index is 1.49. The van der Waals surface area contributed by atoms with Crippen molar-refractivity contribution in [2.24, 2.45) is 11.8 Å². The number of nitrogen functional groups attached to an aromatic ring is 1. The van der Waals surface area contributed by atoms with Gasteiger partial charge in [0.2, 0.25) is 0 Å². The van der Waals surface area contributed by atoms with Crippen LogP contribution >= 0.6 is 0 Å². The number of nitrogens with two attached hydrogens (primary N) is 1. The van der Waals surface area contributed by atoms with Crippen molar-refractivity contribution in [1.29, 1.82) is 0 Å². The molecule has 1 saturated carbocycles. The van der Waals surface area contributed by atoms with Gasteiger partial charge in [0, 0.05) is 19.8 Å². The second-order valence-corrected chi connectivity index (χ2v) is 5.96. The van der Waals surface area contributed by atoms with E-state index in [4.69, 9.17) is 10.5 Å². The van der Waals surface area contributed by atoms with Crippen LogP contribution in [0.1, 0.15) is 32.6 Å². The molecule has 2 aromatic rings. The van der Waals surface area contributed by atoms with Crippen LogP contribution in [0.2, 0.25) is 0 Å². The Labute approximate surface area is 124 Å². The molecule has 0 aromatic carbocycles. The van der Waals surface area contributed by atoms with Gasteiger partial charge in [-0.15, -0.1) is 0 Å². The molecule has 0 aliphatic heterocycles. The van der Waals surface area contributed by atoms with Crippen molar-refractivity contribution in [2.75, 3.05) is 18.9 Å². The number of imidazole rings is 1. The van der Waals surface area contributed by atoms with Crippen molar-refractivity contribution in [3.63, 3.8) is 0 Å². The van der Waals surface area contributed by atoms with E-state index in [2.05, 4.69) is 26.4 Å². The third kappa shape index (κ3) is 3.15. The van der Waals surface area contributed by atoms with E-state index in [0.717, 1.165) is 37.7 Å². The number of rotatable bonds is 7. The predicted octanol–water partition coefficient (Wildman–Crippen LogP) is 2.25. The van der Waals surface area contributed by atoms with Crippen LogP contribution < -0.4 is 5.73 Å². The van der Waals surface area contributed by atoms with Crippen LogP contribution in [-0.4, -0.2) is 32.7 Å². The molecule has 0 radical (unpaired) electrons. The fraction of sp³-hybridized carbons (Fsp3) is 0.667. The molecule has 21 heavy (non-hydrogen) atoms. The van der Waals surface area contributed by atoms with Gasteiger partial charge in [-0.1, -0.05) is 13.3 Å². The number of hydrogen-bond acceptors (Lipinski definition) is 5. The lowest BCUT2D eigenvalue weighted by molar-refractivity contribution is 0.0376. The van der Waals surface area contributed by atoms with Gasteiger partial charge in [-0.3, -0.25) is 0 Å². The Morgan fingerprint density at radius 3 is 2.95 bits per heavy atom. The Bertz CT molecular complexity index is 591. The molecule has 0 amide bonds. The fourth-order valence-electron chi connectivity index (χ4n) is 2.97. The van der Waals surface area contributed by atoms with Crippen molar-refractivity contribution in [3.05, 3.63) is 12.7 Å². The van der Waals surface area contributed by atoms with Crippen LogP contribution in [0, 0.1) is 11.8 Å². The Morgan fingerprint density at radius 2 is 2.14 bits per heavy atom. The van der Waals surface area contributed by atoms with E-state index in [9.17, 15) is 0 Å². The summed E-state index contributed by atoms with van der Waals surface area (Å²) in [4.78, 5) is 12.6. The van der Waals surface area contributed by atoms with Crippen molar-refractivity contribution in [3.8, 4) is 0 Å². The summed E-state index contributed by atoms with van der Waals surface area (Å²) in [5.41, 5.74) is 7.35. The molecule has 0 atom stereocenters. The van der Waals surface area contributed by atoms with Crippen LogP contribution in [0.5, 0.6) is 0 Å². The van der Waals surface area contributed by atoms with Crippen LogP contribution in [0.3, 0.4) is 0 Å². The van der Waals surface area contributed by atoms with Gasteiger partial charge in [0.15, 0.2) is 11.5 Å². The molecule has 1 fully saturated rings. The number of nitrogens with zero attached hydrogens (tertiary/aromatic N) is 4. The van der Waals surface area contributed by atoms with E-state index >= 15 is 0 Å². The van der Waals surface area contributed by atoms with E-state index in [0.29, 0.717) is 17.3 Å². The molecule has 1 aliphatic rings. The van der Waals surface area contributed by atoms with Gasteiger partial charge in [0.05, 0.1) is 6.33 Å². The average Bonchev–Trinajstić information content (AvgIpc) is 2.85. The summed E-state index contributed by atoms with van der Waals surface area (Å²) in [6.07, 6.45) is 8.14. The van der Waals surface area contributed by atoms with Crippen molar-refractivity contribution >= 4 is 17.0 Å².